The molecule has 4 heterocycles. The molecule has 1 aromatic carbocycles. The molecule has 122 valence electrons. The molecule has 0 N–H and O–H groups in total. The molecule has 2 unspecified atom stereocenters. The lowest BCUT2D eigenvalue weighted by molar-refractivity contribution is 0.309. The van der Waals surface area contributed by atoms with E-state index in [-0.39, 0.29) is 0 Å². The number of thiazole rings is 1. The Bertz CT molecular complexity index is 800. The van der Waals surface area contributed by atoms with Crippen LogP contribution in [0.15, 0.2) is 48.8 Å². The topological polar surface area (TPSA) is 32.3 Å². The molecule has 0 spiro atoms. The van der Waals surface area contributed by atoms with Gasteiger partial charge in [-0.25, -0.2) is 4.98 Å². The van der Waals surface area contributed by atoms with E-state index in [0.29, 0.717) is 0 Å². The second-order valence-corrected chi connectivity index (χ2v) is 7.95. The van der Waals surface area contributed by atoms with Gasteiger partial charge in [0, 0.05) is 38.9 Å². The normalized spacial score (nSPS) is 23.9. The van der Waals surface area contributed by atoms with E-state index < -0.39 is 0 Å². The molecule has 0 radical (unpaired) electrons. The Labute approximate surface area is 145 Å². The van der Waals surface area contributed by atoms with Crippen LogP contribution in [0.1, 0.15) is 5.56 Å². The zero-order chi connectivity index (χ0) is 15.9. The number of benzene rings is 1. The number of anilines is 1. The average Bonchev–Trinajstić information content (AvgIpc) is 3.27. The van der Waals surface area contributed by atoms with Crippen molar-refractivity contribution < 1.29 is 0 Å². The van der Waals surface area contributed by atoms with E-state index in [1.54, 1.807) is 11.3 Å². The quantitative estimate of drug-likeness (QED) is 0.735. The van der Waals surface area contributed by atoms with Gasteiger partial charge in [0.15, 0.2) is 5.13 Å². The number of hydrogen-bond acceptors (Lipinski definition) is 5. The van der Waals surface area contributed by atoms with Crippen LogP contribution >= 0.6 is 11.3 Å². The van der Waals surface area contributed by atoms with E-state index in [1.165, 1.54) is 28.5 Å². The summed E-state index contributed by atoms with van der Waals surface area (Å²) in [5.41, 5.74) is 2.45. The largest absolute Gasteiger partial charge is 0.347 e. The van der Waals surface area contributed by atoms with Crippen molar-refractivity contribution in [3.05, 3.63) is 54.4 Å². The number of fused-ring (bicyclic) bond motifs is 2. The van der Waals surface area contributed by atoms with E-state index in [0.717, 1.165) is 37.0 Å². The fourth-order valence-electron chi connectivity index (χ4n) is 4.12. The first-order chi connectivity index (χ1) is 11.8. The lowest BCUT2D eigenvalue weighted by atomic mass is 10.0. The summed E-state index contributed by atoms with van der Waals surface area (Å²) >= 11 is 1.80. The summed E-state index contributed by atoms with van der Waals surface area (Å²) in [7, 11) is 0. The van der Waals surface area contributed by atoms with Gasteiger partial charge >= 0.3 is 0 Å². The molecule has 4 nitrogen and oxygen atoms in total. The molecule has 2 aromatic heterocycles. The SMILES string of the molecule is c1ccc(CN2CC3CN(c4nc5cnccc5s4)CC3C2)cc1. The Hall–Kier alpha value is -1.98. The second-order valence-electron chi connectivity index (χ2n) is 6.94. The van der Waals surface area contributed by atoms with Crippen molar-refractivity contribution >= 4 is 26.7 Å². The number of nitrogens with zero attached hydrogens (tertiary/aromatic N) is 4. The summed E-state index contributed by atoms with van der Waals surface area (Å²) in [5.74, 6) is 1.55. The number of rotatable bonds is 3. The van der Waals surface area contributed by atoms with Crippen molar-refractivity contribution in [3.8, 4) is 0 Å². The number of hydrogen-bond donors (Lipinski definition) is 0. The summed E-state index contributed by atoms with van der Waals surface area (Å²) in [6.07, 6.45) is 3.72. The Balaban J connectivity index is 1.26. The fraction of sp³-hybridized carbons (Fsp3) is 0.368. The van der Waals surface area contributed by atoms with Crippen LogP contribution in [0.2, 0.25) is 0 Å². The monoisotopic (exact) mass is 336 g/mol. The molecule has 2 saturated heterocycles. The van der Waals surface area contributed by atoms with Gasteiger partial charge in [-0.2, -0.15) is 0 Å². The predicted octanol–water partition coefficient (Wildman–Crippen LogP) is 3.26. The third-order valence-electron chi connectivity index (χ3n) is 5.26. The zero-order valence-corrected chi connectivity index (χ0v) is 14.3. The van der Waals surface area contributed by atoms with Crippen molar-refractivity contribution in [1.82, 2.24) is 14.9 Å². The second kappa shape index (κ2) is 5.83. The first-order valence-corrected chi connectivity index (χ1v) is 9.38. The van der Waals surface area contributed by atoms with Crippen LogP contribution in [0.3, 0.4) is 0 Å². The molecule has 2 aliphatic rings. The Morgan fingerprint density at radius 1 is 1.00 bits per heavy atom. The van der Waals surface area contributed by atoms with Gasteiger partial charge in [-0.15, -0.1) is 0 Å². The molecule has 5 heteroatoms. The van der Waals surface area contributed by atoms with Crippen LogP contribution in [-0.4, -0.2) is 41.0 Å². The molecule has 24 heavy (non-hydrogen) atoms. The summed E-state index contributed by atoms with van der Waals surface area (Å²) < 4.78 is 1.24. The van der Waals surface area contributed by atoms with Crippen molar-refractivity contribution in [1.29, 1.82) is 0 Å². The van der Waals surface area contributed by atoms with Gasteiger partial charge in [0.2, 0.25) is 0 Å². The van der Waals surface area contributed by atoms with Gasteiger partial charge in [0.05, 0.1) is 10.9 Å². The highest BCUT2D eigenvalue weighted by molar-refractivity contribution is 7.22. The molecule has 0 aliphatic carbocycles. The van der Waals surface area contributed by atoms with Crippen LogP contribution in [0.25, 0.3) is 10.2 Å². The Morgan fingerprint density at radius 2 is 1.79 bits per heavy atom. The lowest BCUT2D eigenvalue weighted by Gasteiger charge is -2.21. The third kappa shape index (κ3) is 2.58. The minimum absolute atomic E-state index is 0.777. The maximum absolute atomic E-state index is 4.78. The molecular weight excluding hydrogens is 316 g/mol. The molecule has 0 bridgehead atoms. The summed E-state index contributed by atoms with van der Waals surface area (Å²) in [6, 6.07) is 12.9. The zero-order valence-electron chi connectivity index (χ0n) is 13.5. The smallest absolute Gasteiger partial charge is 0.186 e. The van der Waals surface area contributed by atoms with E-state index in [2.05, 4.69) is 51.2 Å². The van der Waals surface area contributed by atoms with E-state index in [4.69, 9.17) is 4.98 Å². The van der Waals surface area contributed by atoms with Gasteiger partial charge in [0.25, 0.3) is 0 Å². The first-order valence-electron chi connectivity index (χ1n) is 8.57. The highest BCUT2D eigenvalue weighted by Crippen LogP contribution is 2.37. The Morgan fingerprint density at radius 3 is 2.54 bits per heavy atom. The Kier molecular flexibility index (Phi) is 3.49. The molecule has 5 rings (SSSR count). The van der Waals surface area contributed by atoms with E-state index >= 15 is 0 Å². The van der Waals surface area contributed by atoms with Gasteiger partial charge in [0.1, 0.15) is 5.52 Å². The number of pyridine rings is 1. The minimum Gasteiger partial charge on any atom is -0.347 e. The maximum atomic E-state index is 4.78. The number of aromatic nitrogens is 2. The van der Waals surface area contributed by atoms with Crippen molar-refractivity contribution in [2.24, 2.45) is 11.8 Å². The van der Waals surface area contributed by atoms with E-state index in [1.807, 2.05) is 12.4 Å². The summed E-state index contributed by atoms with van der Waals surface area (Å²) in [5, 5.41) is 1.17. The molecule has 3 aromatic rings. The molecule has 0 amide bonds. The predicted molar refractivity (Wildman–Crippen MR) is 98.3 cm³/mol. The van der Waals surface area contributed by atoms with Gasteiger partial charge in [-0.1, -0.05) is 41.7 Å². The van der Waals surface area contributed by atoms with Crippen LogP contribution in [0, 0.1) is 11.8 Å². The van der Waals surface area contributed by atoms with Crippen LogP contribution in [-0.2, 0) is 6.54 Å². The van der Waals surface area contributed by atoms with Gasteiger partial charge < -0.3 is 4.90 Å². The standard InChI is InChI=1S/C19H20N4S/c1-2-4-14(5-3-1)9-22-10-15-12-23(13-16(15)11-22)19-21-17-8-20-7-6-18(17)24-19/h1-8,15-16H,9-13H2. The van der Waals surface area contributed by atoms with Crippen LogP contribution in [0.5, 0.6) is 0 Å². The molecule has 2 fully saturated rings. The summed E-state index contributed by atoms with van der Waals surface area (Å²) in [6.45, 7) is 5.79. The highest BCUT2D eigenvalue weighted by atomic mass is 32.1. The number of likely N-dealkylation sites (tertiary alicyclic amines) is 1. The molecule has 0 saturated carbocycles. The molecule has 2 aliphatic heterocycles. The maximum Gasteiger partial charge on any atom is 0.186 e. The molecule has 2 atom stereocenters. The van der Waals surface area contributed by atoms with Crippen molar-refractivity contribution in [2.75, 3.05) is 31.1 Å². The average molecular weight is 336 g/mol. The first kappa shape index (κ1) is 14.4. The molecular formula is C19H20N4S. The lowest BCUT2D eigenvalue weighted by Crippen LogP contribution is -2.28. The fourth-order valence-corrected chi connectivity index (χ4v) is 5.07. The van der Waals surface area contributed by atoms with E-state index in [9.17, 15) is 0 Å². The van der Waals surface area contributed by atoms with Crippen molar-refractivity contribution in [2.45, 2.75) is 6.54 Å². The minimum atomic E-state index is 0.777. The van der Waals surface area contributed by atoms with Crippen LogP contribution < -0.4 is 4.90 Å². The van der Waals surface area contributed by atoms with Crippen molar-refractivity contribution in [3.63, 3.8) is 0 Å². The summed E-state index contributed by atoms with van der Waals surface area (Å²) in [4.78, 5) is 14.1. The highest BCUT2D eigenvalue weighted by Gasteiger charge is 2.40. The van der Waals surface area contributed by atoms with Gasteiger partial charge in [-0.05, 0) is 23.5 Å². The van der Waals surface area contributed by atoms with Crippen LogP contribution in [0.4, 0.5) is 5.13 Å². The third-order valence-corrected chi connectivity index (χ3v) is 6.36. The van der Waals surface area contributed by atoms with Gasteiger partial charge in [-0.3, -0.25) is 9.88 Å².